The molecule has 1 aromatic rings. The normalized spacial score (nSPS) is 22.2. The Balaban J connectivity index is 1.83. The van der Waals surface area contributed by atoms with Crippen molar-refractivity contribution in [2.24, 2.45) is 5.92 Å². The minimum absolute atomic E-state index is 0.0955. The van der Waals surface area contributed by atoms with Crippen LogP contribution in [-0.2, 0) is 17.8 Å². The summed E-state index contributed by atoms with van der Waals surface area (Å²) >= 11 is 0. The van der Waals surface area contributed by atoms with Crippen LogP contribution in [0.3, 0.4) is 0 Å². The number of aliphatic carboxylic acids is 1. The van der Waals surface area contributed by atoms with E-state index >= 15 is 0 Å². The van der Waals surface area contributed by atoms with Gasteiger partial charge in [-0.15, -0.1) is 0 Å². The average Bonchev–Trinajstić information content (AvgIpc) is 3.09. The molecule has 0 radical (unpaired) electrons. The topological polar surface area (TPSA) is 107 Å². The SMILES string of the molecule is CC(C)=CCC/C(C)=C/CC[C@]1(C)Oc2c(c(O)cc3c2CN([C@@H](CC(C)C)C(=O)O)C3=O)C[C@@H]1O. The van der Waals surface area contributed by atoms with E-state index in [1.54, 1.807) is 0 Å². The van der Waals surface area contributed by atoms with E-state index in [1.165, 1.54) is 22.1 Å². The van der Waals surface area contributed by atoms with E-state index in [9.17, 15) is 24.9 Å². The van der Waals surface area contributed by atoms with Gasteiger partial charge in [-0.2, -0.15) is 0 Å². The molecule has 1 aromatic carbocycles. The fourth-order valence-electron chi connectivity index (χ4n) is 5.08. The van der Waals surface area contributed by atoms with Crippen LogP contribution in [0.2, 0.25) is 0 Å². The van der Waals surface area contributed by atoms with Gasteiger partial charge in [-0.05, 0) is 71.8 Å². The molecule has 3 atom stereocenters. The number of phenols is 1. The number of allylic oxidation sites excluding steroid dienone is 4. The Kier molecular flexibility index (Phi) is 8.55. The molecule has 0 saturated carbocycles. The number of carboxylic acid groups (broad SMARTS) is 1. The molecule has 36 heavy (non-hydrogen) atoms. The highest BCUT2D eigenvalue weighted by Crippen LogP contribution is 2.46. The van der Waals surface area contributed by atoms with E-state index in [2.05, 4.69) is 32.9 Å². The number of amides is 1. The van der Waals surface area contributed by atoms with Crippen molar-refractivity contribution >= 4 is 11.9 Å². The highest BCUT2D eigenvalue weighted by molar-refractivity contribution is 6.02. The van der Waals surface area contributed by atoms with E-state index in [0.29, 0.717) is 29.7 Å². The molecule has 3 rings (SSSR count). The first-order valence-corrected chi connectivity index (χ1v) is 12.9. The lowest BCUT2D eigenvalue weighted by Crippen LogP contribution is -2.49. The van der Waals surface area contributed by atoms with Crippen molar-refractivity contribution in [1.29, 1.82) is 0 Å². The first-order chi connectivity index (χ1) is 16.8. The molecular weight excluding hydrogens is 458 g/mol. The fourth-order valence-corrected chi connectivity index (χ4v) is 5.08. The maximum absolute atomic E-state index is 13.2. The number of nitrogens with zero attached hydrogens (tertiary/aromatic N) is 1. The second kappa shape index (κ2) is 11.1. The van der Waals surface area contributed by atoms with Gasteiger partial charge in [0.05, 0.1) is 18.2 Å². The van der Waals surface area contributed by atoms with Crippen LogP contribution in [0.15, 0.2) is 29.4 Å². The van der Waals surface area contributed by atoms with Crippen molar-refractivity contribution < 1.29 is 29.6 Å². The van der Waals surface area contributed by atoms with Crippen molar-refractivity contribution in [2.45, 2.75) is 104 Å². The summed E-state index contributed by atoms with van der Waals surface area (Å²) in [6.07, 6.45) is 7.39. The van der Waals surface area contributed by atoms with Gasteiger partial charge >= 0.3 is 5.97 Å². The summed E-state index contributed by atoms with van der Waals surface area (Å²) in [6.45, 7) is 12.1. The lowest BCUT2D eigenvalue weighted by Gasteiger charge is -2.41. The second-order valence-corrected chi connectivity index (χ2v) is 11.2. The summed E-state index contributed by atoms with van der Waals surface area (Å²) < 4.78 is 6.39. The molecule has 198 valence electrons. The largest absolute Gasteiger partial charge is 0.508 e. The number of aliphatic hydroxyl groups is 1. The monoisotopic (exact) mass is 499 g/mol. The van der Waals surface area contributed by atoms with Gasteiger partial charge in [0, 0.05) is 17.5 Å². The Hall–Kier alpha value is -2.80. The summed E-state index contributed by atoms with van der Waals surface area (Å²) in [6, 6.07) is 0.435. The van der Waals surface area contributed by atoms with Crippen LogP contribution in [0.5, 0.6) is 11.5 Å². The van der Waals surface area contributed by atoms with Gasteiger partial charge in [0.15, 0.2) is 0 Å². The van der Waals surface area contributed by atoms with Crippen molar-refractivity contribution in [3.05, 3.63) is 46.1 Å². The van der Waals surface area contributed by atoms with E-state index in [4.69, 9.17) is 4.74 Å². The number of rotatable bonds is 10. The number of carboxylic acids is 1. The van der Waals surface area contributed by atoms with Crippen LogP contribution >= 0.6 is 0 Å². The summed E-state index contributed by atoms with van der Waals surface area (Å²) in [7, 11) is 0. The van der Waals surface area contributed by atoms with E-state index in [-0.39, 0.29) is 30.2 Å². The third kappa shape index (κ3) is 5.94. The molecule has 2 aliphatic rings. The molecule has 1 amide bonds. The van der Waals surface area contributed by atoms with E-state index in [1.807, 2.05) is 20.8 Å². The molecule has 7 nitrogen and oxygen atoms in total. The molecule has 0 saturated heterocycles. The summed E-state index contributed by atoms with van der Waals surface area (Å²) in [5, 5.41) is 31.4. The Bertz CT molecular complexity index is 1070. The van der Waals surface area contributed by atoms with Crippen LogP contribution in [0.1, 0.15) is 95.1 Å². The molecule has 0 unspecified atom stereocenters. The molecule has 2 aliphatic heterocycles. The summed E-state index contributed by atoms with van der Waals surface area (Å²) in [4.78, 5) is 26.5. The zero-order valence-electron chi connectivity index (χ0n) is 22.4. The lowest BCUT2D eigenvalue weighted by atomic mass is 9.84. The number of benzene rings is 1. The first-order valence-electron chi connectivity index (χ1n) is 12.9. The quantitative estimate of drug-likeness (QED) is 0.373. The third-order valence-electron chi connectivity index (χ3n) is 7.30. The highest BCUT2D eigenvalue weighted by atomic mass is 16.5. The van der Waals surface area contributed by atoms with Gasteiger partial charge in [-0.1, -0.05) is 37.1 Å². The number of aromatic hydroxyl groups is 1. The van der Waals surface area contributed by atoms with E-state index in [0.717, 1.165) is 19.3 Å². The van der Waals surface area contributed by atoms with Crippen molar-refractivity contribution in [2.75, 3.05) is 0 Å². The first kappa shape index (κ1) is 27.8. The van der Waals surface area contributed by atoms with Crippen molar-refractivity contribution in [3.8, 4) is 11.5 Å². The van der Waals surface area contributed by atoms with Crippen LogP contribution in [0, 0.1) is 5.92 Å². The zero-order chi connectivity index (χ0) is 26.8. The van der Waals surface area contributed by atoms with Crippen LogP contribution in [0.25, 0.3) is 0 Å². The molecule has 3 N–H and O–H groups in total. The minimum Gasteiger partial charge on any atom is -0.508 e. The molecule has 0 aliphatic carbocycles. The number of phenolic OH excluding ortho intramolecular Hbond substituents is 1. The third-order valence-corrected chi connectivity index (χ3v) is 7.30. The number of fused-ring (bicyclic) bond motifs is 3. The van der Waals surface area contributed by atoms with Gasteiger partial charge < -0.3 is 25.0 Å². The molecule has 0 spiro atoms. The standard InChI is InChI=1S/C29H41NO6/c1-17(2)9-7-10-19(5)11-8-12-29(6)25(32)15-21-24(31)14-20-22(26(21)36-29)16-30(27(20)33)23(28(34)35)13-18(3)4/h9,11,14,18,23,25,31-32H,7-8,10,12-13,15-16H2,1-6H3,(H,34,35)/b19-11+/t23-,25-,29-/m0/s1. The maximum atomic E-state index is 13.2. The highest BCUT2D eigenvalue weighted by Gasteiger charge is 2.45. The van der Waals surface area contributed by atoms with Gasteiger partial charge in [-0.25, -0.2) is 4.79 Å². The number of ether oxygens (including phenoxy) is 1. The second-order valence-electron chi connectivity index (χ2n) is 11.2. The molecule has 2 heterocycles. The number of hydrogen-bond acceptors (Lipinski definition) is 5. The Morgan fingerprint density at radius 1 is 1.22 bits per heavy atom. The summed E-state index contributed by atoms with van der Waals surface area (Å²) in [5.41, 5.74) is 3.03. The molecule has 0 fully saturated rings. The van der Waals surface area contributed by atoms with Crippen LogP contribution in [-0.4, -0.2) is 49.8 Å². The van der Waals surface area contributed by atoms with Crippen LogP contribution in [0.4, 0.5) is 0 Å². The fraction of sp³-hybridized carbons (Fsp3) is 0.586. The predicted molar refractivity (Wildman–Crippen MR) is 139 cm³/mol. The molecule has 0 aromatic heterocycles. The minimum atomic E-state index is -1.05. The van der Waals surface area contributed by atoms with Gasteiger partial charge in [0.2, 0.25) is 0 Å². The Morgan fingerprint density at radius 2 is 1.92 bits per heavy atom. The number of carbonyl (C=O) groups is 2. The lowest BCUT2D eigenvalue weighted by molar-refractivity contribution is -0.143. The molecule has 7 heteroatoms. The van der Waals surface area contributed by atoms with Crippen molar-refractivity contribution in [1.82, 2.24) is 4.90 Å². The van der Waals surface area contributed by atoms with Gasteiger partial charge in [0.1, 0.15) is 23.1 Å². The maximum Gasteiger partial charge on any atom is 0.326 e. The Morgan fingerprint density at radius 3 is 2.53 bits per heavy atom. The van der Waals surface area contributed by atoms with Gasteiger partial charge in [-0.3, -0.25) is 4.79 Å². The van der Waals surface area contributed by atoms with E-state index < -0.39 is 29.6 Å². The number of carbonyl (C=O) groups excluding carboxylic acids is 1. The summed E-state index contributed by atoms with van der Waals surface area (Å²) in [5.74, 6) is -1.06. The molecule has 0 bridgehead atoms. The average molecular weight is 500 g/mol. The number of aliphatic hydroxyl groups excluding tert-OH is 1. The van der Waals surface area contributed by atoms with Crippen molar-refractivity contribution in [3.63, 3.8) is 0 Å². The number of hydrogen-bond donors (Lipinski definition) is 3. The zero-order valence-corrected chi connectivity index (χ0v) is 22.4. The Labute approximate surface area is 214 Å². The van der Waals surface area contributed by atoms with Crippen LogP contribution < -0.4 is 4.74 Å². The molecular formula is C29H41NO6. The predicted octanol–water partition coefficient (Wildman–Crippen LogP) is 5.37. The van der Waals surface area contributed by atoms with Gasteiger partial charge in [0.25, 0.3) is 5.91 Å². The smallest absolute Gasteiger partial charge is 0.326 e.